The summed E-state index contributed by atoms with van der Waals surface area (Å²) in [6.07, 6.45) is 1.30. The molecule has 3 rings (SSSR count). The van der Waals surface area contributed by atoms with Crippen molar-refractivity contribution < 1.29 is 8.81 Å². The predicted octanol–water partition coefficient (Wildman–Crippen LogP) is 4.25. The average Bonchev–Trinajstić information content (AvgIpc) is 3.03. The minimum Gasteiger partial charge on any atom is -0.423 e. The predicted molar refractivity (Wildman–Crippen MR) is 81.2 cm³/mol. The van der Waals surface area contributed by atoms with E-state index in [1.165, 1.54) is 12.5 Å². The van der Waals surface area contributed by atoms with Gasteiger partial charge in [-0.15, -0.1) is 10.2 Å². The molecule has 0 atom stereocenters. The number of aromatic nitrogens is 2. The second-order valence-electron chi connectivity index (χ2n) is 4.43. The van der Waals surface area contributed by atoms with Crippen LogP contribution in [0.2, 0.25) is 0 Å². The van der Waals surface area contributed by atoms with E-state index in [4.69, 9.17) is 4.42 Å². The van der Waals surface area contributed by atoms with Crippen LogP contribution in [0.4, 0.5) is 10.1 Å². The van der Waals surface area contributed by atoms with Crippen molar-refractivity contribution in [3.8, 4) is 11.5 Å². The summed E-state index contributed by atoms with van der Waals surface area (Å²) in [5.41, 5.74) is 2.75. The Labute approximate surface area is 129 Å². The van der Waals surface area contributed by atoms with Gasteiger partial charge in [0.25, 0.3) is 0 Å². The number of anilines is 1. The molecule has 6 heteroatoms. The minimum absolute atomic E-state index is 0.267. The molecule has 1 heterocycles. The van der Waals surface area contributed by atoms with E-state index in [9.17, 15) is 4.39 Å². The normalized spacial score (nSPS) is 10.6. The molecule has 1 aromatic heterocycles. The molecule has 0 spiro atoms. The Hall–Kier alpha value is -2.21. The van der Waals surface area contributed by atoms with E-state index >= 15 is 0 Å². The summed E-state index contributed by atoms with van der Waals surface area (Å²) in [6, 6.07) is 12.6. The molecule has 0 radical (unpaired) electrons. The van der Waals surface area contributed by atoms with Crippen LogP contribution in [0.5, 0.6) is 0 Å². The summed E-state index contributed by atoms with van der Waals surface area (Å²) in [7, 11) is 0. The zero-order valence-corrected chi connectivity index (χ0v) is 12.5. The molecule has 0 unspecified atom stereocenters. The van der Waals surface area contributed by atoms with E-state index in [-0.39, 0.29) is 5.82 Å². The van der Waals surface area contributed by atoms with Gasteiger partial charge in [-0.3, -0.25) is 0 Å². The Bertz CT molecular complexity index is 746. The smallest absolute Gasteiger partial charge is 0.247 e. The molecule has 4 nitrogen and oxygen atoms in total. The van der Waals surface area contributed by atoms with Crippen molar-refractivity contribution in [2.75, 3.05) is 5.32 Å². The van der Waals surface area contributed by atoms with Gasteiger partial charge in [-0.25, -0.2) is 4.39 Å². The summed E-state index contributed by atoms with van der Waals surface area (Å²) in [6.45, 7) is 0.589. The van der Waals surface area contributed by atoms with Crippen molar-refractivity contribution >= 4 is 21.6 Å². The first-order valence-electron chi connectivity index (χ1n) is 6.27. The number of halogens is 2. The number of nitrogens with zero attached hydrogens (tertiary/aromatic N) is 2. The molecule has 3 aromatic rings. The zero-order valence-electron chi connectivity index (χ0n) is 10.9. The van der Waals surface area contributed by atoms with Gasteiger partial charge in [-0.2, -0.15) is 0 Å². The molecule has 0 saturated carbocycles. The van der Waals surface area contributed by atoms with Crippen LogP contribution in [0, 0.1) is 5.82 Å². The first-order valence-corrected chi connectivity index (χ1v) is 7.06. The molecule has 0 aliphatic heterocycles. The van der Waals surface area contributed by atoms with Crippen molar-refractivity contribution in [1.29, 1.82) is 0 Å². The zero-order chi connectivity index (χ0) is 14.7. The van der Waals surface area contributed by atoms with Crippen LogP contribution in [-0.4, -0.2) is 10.2 Å². The Balaban J connectivity index is 1.73. The Morgan fingerprint density at radius 2 is 2.10 bits per heavy atom. The van der Waals surface area contributed by atoms with Crippen LogP contribution in [0.15, 0.2) is 57.7 Å². The molecule has 2 aromatic carbocycles. The minimum atomic E-state index is -0.267. The third-order valence-electron chi connectivity index (χ3n) is 2.95. The maximum atomic E-state index is 13.2. The molecular formula is C15H11BrFN3O. The lowest BCUT2D eigenvalue weighted by atomic mass is 10.2. The molecular weight excluding hydrogens is 337 g/mol. The molecule has 0 aliphatic rings. The van der Waals surface area contributed by atoms with Crippen LogP contribution in [0.1, 0.15) is 5.56 Å². The molecule has 0 fully saturated rings. The average molecular weight is 348 g/mol. The van der Waals surface area contributed by atoms with Crippen molar-refractivity contribution in [3.05, 3.63) is 64.7 Å². The van der Waals surface area contributed by atoms with Crippen LogP contribution in [0.25, 0.3) is 11.5 Å². The van der Waals surface area contributed by atoms with E-state index < -0.39 is 0 Å². The standard InChI is InChI=1S/C15H11BrFN3O/c16-13-6-10(4-5-14(13)17)8-18-12-3-1-2-11(7-12)15-20-19-9-21-15/h1-7,9,18H,8H2. The molecule has 0 amide bonds. The lowest BCUT2D eigenvalue weighted by Gasteiger charge is -2.08. The van der Waals surface area contributed by atoms with Crippen molar-refractivity contribution in [1.82, 2.24) is 10.2 Å². The van der Waals surface area contributed by atoms with Gasteiger partial charge in [0.05, 0.1) is 4.47 Å². The van der Waals surface area contributed by atoms with Gasteiger partial charge >= 0.3 is 0 Å². The fourth-order valence-corrected chi connectivity index (χ4v) is 2.34. The van der Waals surface area contributed by atoms with Gasteiger partial charge in [-0.05, 0) is 51.8 Å². The largest absolute Gasteiger partial charge is 0.423 e. The van der Waals surface area contributed by atoms with E-state index in [1.54, 1.807) is 12.1 Å². The Morgan fingerprint density at radius 3 is 2.86 bits per heavy atom. The number of nitrogens with one attached hydrogen (secondary N) is 1. The number of benzene rings is 2. The SMILES string of the molecule is Fc1ccc(CNc2cccc(-c3nnco3)c2)cc1Br. The molecule has 1 N–H and O–H groups in total. The second-order valence-corrected chi connectivity index (χ2v) is 5.28. The topological polar surface area (TPSA) is 51.0 Å². The van der Waals surface area contributed by atoms with Gasteiger partial charge in [0.1, 0.15) is 5.82 Å². The van der Waals surface area contributed by atoms with Crippen LogP contribution in [-0.2, 0) is 6.54 Å². The van der Waals surface area contributed by atoms with Crippen LogP contribution < -0.4 is 5.32 Å². The number of hydrogen-bond acceptors (Lipinski definition) is 4. The number of hydrogen-bond donors (Lipinski definition) is 1. The summed E-state index contributed by atoms with van der Waals surface area (Å²) in [5.74, 6) is 0.209. The van der Waals surface area contributed by atoms with E-state index in [0.717, 1.165) is 16.8 Å². The van der Waals surface area contributed by atoms with Gasteiger partial charge in [0.15, 0.2) is 0 Å². The van der Waals surface area contributed by atoms with Crippen molar-refractivity contribution in [2.24, 2.45) is 0 Å². The van der Waals surface area contributed by atoms with Gasteiger partial charge < -0.3 is 9.73 Å². The highest BCUT2D eigenvalue weighted by Gasteiger charge is 2.05. The summed E-state index contributed by atoms with van der Waals surface area (Å²) in [5, 5.41) is 10.8. The van der Waals surface area contributed by atoms with Gasteiger partial charge in [0.2, 0.25) is 12.3 Å². The number of rotatable bonds is 4. The highest BCUT2D eigenvalue weighted by Crippen LogP contribution is 2.21. The quantitative estimate of drug-likeness (QED) is 0.766. The summed E-state index contributed by atoms with van der Waals surface area (Å²) >= 11 is 3.18. The maximum Gasteiger partial charge on any atom is 0.247 e. The highest BCUT2D eigenvalue weighted by atomic mass is 79.9. The van der Waals surface area contributed by atoms with Crippen LogP contribution >= 0.6 is 15.9 Å². The highest BCUT2D eigenvalue weighted by molar-refractivity contribution is 9.10. The first kappa shape index (κ1) is 13.8. The molecule has 0 aliphatic carbocycles. The van der Waals surface area contributed by atoms with Gasteiger partial charge in [-0.1, -0.05) is 12.1 Å². The van der Waals surface area contributed by atoms with E-state index in [2.05, 4.69) is 31.4 Å². The molecule has 0 bridgehead atoms. The maximum absolute atomic E-state index is 13.2. The van der Waals surface area contributed by atoms with Crippen molar-refractivity contribution in [2.45, 2.75) is 6.54 Å². The lowest BCUT2D eigenvalue weighted by molar-refractivity contribution is 0.568. The third-order valence-corrected chi connectivity index (χ3v) is 3.56. The van der Waals surface area contributed by atoms with E-state index in [1.807, 2.05) is 24.3 Å². The first-order chi connectivity index (χ1) is 10.2. The monoisotopic (exact) mass is 347 g/mol. The summed E-state index contributed by atoms with van der Waals surface area (Å²) < 4.78 is 18.8. The summed E-state index contributed by atoms with van der Waals surface area (Å²) in [4.78, 5) is 0. The molecule has 21 heavy (non-hydrogen) atoms. The van der Waals surface area contributed by atoms with E-state index in [0.29, 0.717) is 16.9 Å². The third kappa shape index (κ3) is 3.28. The fraction of sp³-hybridized carbons (Fsp3) is 0.0667. The molecule has 106 valence electrons. The van der Waals surface area contributed by atoms with Crippen LogP contribution in [0.3, 0.4) is 0 Å². The van der Waals surface area contributed by atoms with Gasteiger partial charge in [0, 0.05) is 17.8 Å². The second kappa shape index (κ2) is 6.05. The Morgan fingerprint density at radius 1 is 1.19 bits per heavy atom. The fourth-order valence-electron chi connectivity index (χ4n) is 1.91. The Kier molecular flexibility index (Phi) is 3.96. The lowest BCUT2D eigenvalue weighted by Crippen LogP contribution is -1.99. The van der Waals surface area contributed by atoms with Crippen molar-refractivity contribution in [3.63, 3.8) is 0 Å². The molecule has 0 saturated heterocycles.